The smallest absolute Gasteiger partial charge is 0.361 e. The summed E-state index contributed by atoms with van der Waals surface area (Å²) in [6.45, 7) is 5.52. The maximum atomic E-state index is 11.5. The Labute approximate surface area is 90.4 Å². The highest BCUT2D eigenvalue weighted by atomic mass is 16.5. The van der Waals surface area contributed by atoms with Crippen molar-refractivity contribution in [2.75, 3.05) is 32.8 Å². The molecule has 0 aromatic heterocycles. The average molecular weight is 214 g/mol. The fraction of sp³-hybridized carbons (Fsp3) is 0.909. The maximum absolute atomic E-state index is 11.5. The standard InChI is InChI=1S/C11H20NO3/c1-2-15-11(14)8-12-5-3-9(4-6-12)10(13)7-12/h9-10,13H,2-8H2,1H3/q+1/t9?,10-,12?/m0/s1. The summed E-state index contributed by atoms with van der Waals surface area (Å²) >= 11 is 0. The molecule has 0 aliphatic carbocycles. The topological polar surface area (TPSA) is 46.5 Å². The number of carbonyl (C=O) groups is 1. The first-order valence-corrected chi connectivity index (χ1v) is 5.84. The molecule has 0 amide bonds. The van der Waals surface area contributed by atoms with Crippen LogP contribution in [0.5, 0.6) is 0 Å². The quantitative estimate of drug-likeness (QED) is 0.537. The summed E-state index contributed by atoms with van der Waals surface area (Å²) in [7, 11) is 0. The molecule has 3 aliphatic heterocycles. The Hall–Kier alpha value is -0.610. The van der Waals surface area contributed by atoms with Crippen LogP contribution in [0.4, 0.5) is 0 Å². The van der Waals surface area contributed by atoms with Crippen LogP contribution in [0.3, 0.4) is 0 Å². The van der Waals surface area contributed by atoms with Gasteiger partial charge in [0, 0.05) is 18.8 Å². The predicted octanol–water partition coefficient (Wildman–Crippen LogP) is 0.151. The molecule has 3 rings (SSSR count). The molecule has 1 atom stereocenters. The van der Waals surface area contributed by atoms with E-state index in [9.17, 15) is 9.90 Å². The van der Waals surface area contributed by atoms with Crippen molar-refractivity contribution in [1.29, 1.82) is 0 Å². The number of quaternary nitrogens is 1. The molecule has 15 heavy (non-hydrogen) atoms. The lowest BCUT2D eigenvalue weighted by Gasteiger charge is -2.50. The van der Waals surface area contributed by atoms with Gasteiger partial charge in [0.1, 0.15) is 12.6 Å². The molecular weight excluding hydrogens is 194 g/mol. The summed E-state index contributed by atoms with van der Waals surface area (Å²) in [5.74, 6) is 0.359. The summed E-state index contributed by atoms with van der Waals surface area (Å²) in [6.07, 6.45) is 1.91. The number of esters is 1. The van der Waals surface area contributed by atoms with E-state index in [0.29, 0.717) is 19.1 Å². The summed E-state index contributed by atoms with van der Waals surface area (Å²) in [5, 5.41) is 9.84. The molecular formula is C11H20NO3+. The molecule has 0 unspecified atom stereocenters. The third kappa shape index (κ3) is 2.16. The molecule has 0 aromatic carbocycles. The Kier molecular flexibility index (Phi) is 2.98. The molecule has 3 heterocycles. The lowest BCUT2D eigenvalue weighted by atomic mass is 9.83. The lowest BCUT2D eigenvalue weighted by Crippen LogP contribution is -2.65. The second-order valence-corrected chi connectivity index (χ2v) is 4.84. The Morgan fingerprint density at radius 2 is 2.13 bits per heavy atom. The second-order valence-electron chi connectivity index (χ2n) is 4.84. The van der Waals surface area contributed by atoms with Crippen LogP contribution >= 0.6 is 0 Å². The van der Waals surface area contributed by atoms with Gasteiger partial charge in [0.15, 0.2) is 6.54 Å². The zero-order chi connectivity index (χ0) is 10.9. The van der Waals surface area contributed by atoms with Gasteiger partial charge in [0.05, 0.1) is 19.7 Å². The summed E-state index contributed by atoms with van der Waals surface area (Å²) in [4.78, 5) is 11.5. The summed E-state index contributed by atoms with van der Waals surface area (Å²) in [6, 6.07) is 0. The Balaban J connectivity index is 1.97. The number of aliphatic hydroxyl groups is 1. The molecule has 0 radical (unpaired) electrons. The van der Waals surface area contributed by atoms with Crippen molar-refractivity contribution in [2.24, 2.45) is 5.92 Å². The summed E-state index contributed by atoms with van der Waals surface area (Å²) < 4.78 is 5.73. The van der Waals surface area contributed by atoms with Crippen LogP contribution in [0.15, 0.2) is 0 Å². The van der Waals surface area contributed by atoms with Crippen molar-refractivity contribution in [2.45, 2.75) is 25.9 Å². The van der Waals surface area contributed by atoms with Crippen molar-refractivity contribution in [3.8, 4) is 0 Å². The highest BCUT2D eigenvalue weighted by Crippen LogP contribution is 2.33. The average Bonchev–Trinajstić information content (AvgIpc) is 2.18. The first-order valence-electron chi connectivity index (χ1n) is 5.84. The number of hydrogen-bond acceptors (Lipinski definition) is 3. The minimum atomic E-state index is -0.207. The fourth-order valence-corrected chi connectivity index (χ4v) is 2.95. The second kappa shape index (κ2) is 4.10. The molecule has 3 saturated heterocycles. The molecule has 0 spiro atoms. The molecule has 0 aromatic rings. The molecule has 1 N–H and O–H groups in total. The Bertz CT molecular complexity index is 246. The molecule has 86 valence electrons. The number of fused-ring (bicyclic) bond motifs is 3. The van der Waals surface area contributed by atoms with Gasteiger partial charge in [0.2, 0.25) is 0 Å². The number of ether oxygens (including phenoxy) is 1. The summed E-state index contributed by atoms with van der Waals surface area (Å²) in [5.41, 5.74) is 0. The normalized spacial score (nSPS) is 39.1. The van der Waals surface area contributed by atoms with Gasteiger partial charge in [-0.3, -0.25) is 0 Å². The van der Waals surface area contributed by atoms with Gasteiger partial charge in [-0.15, -0.1) is 0 Å². The fourth-order valence-electron chi connectivity index (χ4n) is 2.95. The number of carbonyl (C=O) groups excluding carboxylic acids is 1. The van der Waals surface area contributed by atoms with E-state index in [-0.39, 0.29) is 12.1 Å². The molecule has 4 nitrogen and oxygen atoms in total. The van der Waals surface area contributed by atoms with E-state index in [4.69, 9.17) is 4.74 Å². The number of hydrogen-bond donors (Lipinski definition) is 1. The van der Waals surface area contributed by atoms with Gasteiger partial charge in [-0.25, -0.2) is 4.79 Å². The molecule has 3 fully saturated rings. The van der Waals surface area contributed by atoms with Gasteiger partial charge >= 0.3 is 5.97 Å². The first kappa shape index (κ1) is 10.9. The number of piperidine rings is 3. The van der Waals surface area contributed by atoms with Gasteiger partial charge in [-0.05, 0) is 6.92 Å². The van der Waals surface area contributed by atoms with E-state index < -0.39 is 0 Å². The Morgan fingerprint density at radius 3 is 2.67 bits per heavy atom. The first-order chi connectivity index (χ1) is 7.15. The molecule has 2 bridgehead atoms. The van der Waals surface area contributed by atoms with Gasteiger partial charge in [0.25, 0.3) is 0 Å². The van der Waals surface area contributed by atoms with Crippen LogP contribution in [0.2, 0.25) is 0 Å². The van der Waals surface area contributed by atoms with Crippen molar-refractivity contribution < 1.29 is 19.1 Å². The molecule has 3 aliphatic rings. The van der Waals surface area contributed by atoms with Gasteiger partial charge < -0.3 is 14.3 Å². The minimum absolute atomic E-state index is 0.120. The van der Waals surface area contributed by atoms with Gasteiger partial charge in [-0.1, -0.05) is 0 Å². The van der Waals surface area contributed by atoms with E-state index in [1.54, 1.807) is 0 Å². The molecule has 4 heteroatoms. The highest BCUT2D eigenvalue weighted by molar-refractivity contribution is 5.70. The number of nitrogens with zero attached hydrogens (tertiary/aromatic N) is 1. The highest BCUT2D eigenvalue weighted by Gasteiger charge is 2.46. The zero-order valence-corrected chi connectivity index (χ0v) is 9.32. The van der Waals surface area contributed by atoms with Crippen LogP contribution < -0.4 is 0 Å². The van der Waals surface area contributed by atoms with Crippen LogP contribution in [0.25, 0.3) is 0 Å². The monoisotopic (exact) mass is 214 g/mol. The van der Waals surface area contributed by atoms with E-state index in [1.165, 1.54) is 0 Å². The van der Waals surface area contributed by atoms with E-state index in [1.807, 2.05) is 6.92 Å². The third-order valence-electron chi connectivity index (χ3n) is 3.84. The van der Waals surface area contributed by atoms with Crippen LogP contribution in [0, 0.1) is 5.92 Å². The van der Waals surface area contributed by atoms with Crippen molar-refractivity contribution in [3.63, 3.8) is 0 Å². The van der Waals surface area contributed by atoms with Crippen molar-refractivity contribution >= 4 is 5.97 Å². The third-order valence-corrected chi connectivity index (χ3v) is 3.84. The zero-order valence-electron chi connectivity index (χ0n) is 9.32. The maximum Gasteiger partial charge on any atom is 0.361 e. The SMILES string of the molecule is CCOC(=O)C[N+]12CCC(CC1)[C@@H](O)C2. The number of aliphatic hydroxyl groups excluding tert-OH is 1. The van der Waals surface area contributed by atoms with Crippen molar-refractivity contribution in [1.82, 2.24) is 0 Å². The largest absolute Gasteiger partial charge is 0.462 e. The van der Waals surface area contributed by atoms with Crippen LogP contribution in [0.1, 0.15) is 19.8 Å². The van der Waals surface area contributed by atoms with Crippen LogP contribution in [-0.2, 0) is 9.53 Å². The van der Waals surface area contributed by atoms with Gasteiger partial charge in [-0.2, -0.15) is 0 Å². The van der Waals surface area contributed by atoms with E-state index in [2.05, 4.69) is 0 Å². The van der Waals surface area contributed by atoms with Crippen molar-refractivity contribution in [3.05, 3.63) is 0 Å². The minimum Gasteiger partial charge on any atom is -0.462 e. The predicted molar refractivity (Wildman–Crippen MR) is 55.1 cm³/mol. The van der Waals surface area contributed by atoms with Crippen LogP contribution in [-0.4, -0.2) is 54.4 Å². The molecule has 0 saturated carbocycles. The lowest BCUT2D eigenvalue weighted by molar-refractivity contribution is -0.939. The van der Waals surface area contributed by atoms with E-state index in [0.717, 1.165) is 37.0 Å². The Morgan fingerprint density at radius 1 is 1.47 bits per heavy atom. The number of rotatable bonds is 3. The van der Waals surface area contributed by atoms with E-state index >= 15 is 0 Å².